The van der Waals surface area contributed by atoms with Crippen LogP contribution in [0.4, 0.5) is 0 Å². The number of hydrogen-bond acceptors (Lipinski definition) is 8. The second-order valence-electron chi connectivity index (χ2n) is 14.0. The summed E-state index contributed by atoms with van der Waals surface area (Å²) in [4.78, 5) is 26.8. The highest BCUT2D eigenvalue weighted by Gasteiger charge is 2.79. The molecule has 1 saturated heterocycles. The standard InChI is InChI=1S/C34H44O8/c1-8-25-39-24-16-22-14-15-34(22,42-20(4)35)27-29(41-30(37)21-12-10-9-11-13-21)33(31(5,6)38)17-23(36)18(2)26(33)19(3)28(40-25)32(24,27)7/h8-13,19,22-25,27-29,36,38H,1,14-17H2,2-7H3/t19-,22+,23-,24-,25+,27-,28-,29-,32+,33-,34-/m0/s1. The molecule has 1 aromatic carbocycles. The summed E-state index contributed by atoms with van der Waals surface area (Å²) in [6.07, 6.45) is 0.661. The molecule has 42 heavy (non-hydrogen) atoms. The van der Waals surface area contributed by atoms with Crippen molar-refractivity contribution in [3.05, 3.63) is 59.7 Å². The molecule has 8 heteroatoms. The van der Waals surface area contributed by atoms with Crippen LogP contribution in [0, 0.1) is 28.6 Å². The molecule has 8 nitrogen and oxygen atoms in total. The van der Waals surface area contributed by atoms with Crippen molar-refractivity contribution in [2.75, 3.05) is 0 Å². The van der Waals surface area contributed by atoms with Crippen molar-refractivity contribution in [1.29, 1.82) is 0 Å². The second kappa shape index (κ2) is 9.74. The van der Waals surface area contributed by atoms with Gasteiger partial charge in [0.2, 0.25) is 0 Å². The minimum Gasteiger partial charge on any atom is -0.458 e. The summed E-state index contributed by atoms with van der Waals surface area (Å²) >= 11 is 0. The molecule has 0 amide bonds. The van der Waals surface area contributed by atoms with E-state index in [1.54, 1.807) is 44.2 Å². The van der Waals surface area contributed by atoms with Gasteiger partial charge in [-0.05, 0) is 70.2 Å². The topological polar surface area (TPSA) is 112 Å². The van der Waals surface area contributed by atoms with E-state index in [9.17, 15) is 19.8 Å². The zero-order chi connectivity index (χ0) is 30.4. The molecule has 0 aromatic heterocycles. The van der Waals surface area contributed by atoms with Crippen molar-refractivity contribution < 1.29 is 38.7 Å². The first-order valence-corrected chi connectivity index (χ1v) is 15.2. The maximum absolute atomic E-state index is 14.0. The van der Waals surface area contributed by atoms with Crippen LogP contribution in [0.15, 0.2) is 54.1 Å². The van der Waals surface area contributed by atoms with Crippen LogP contribution in [0.3, 0.4) is 0 Å². The number of ether oxygens (including phenoxy) is 4. The molecule has 4 fully saturated rings. The molecule has 0 spiro atoms. The third kappa shape index (κ3) is 3.81. The highest BCUT2D eigenvalue weighted by Crippen LogP contribution is 2.72. The fraction of sp³-hybridized carbons (Fsp3) is 0.647. The van der Waals surface area contributed by atoms with Crippen molar-refractivity contribution in [2.24, 2.45) is 28.6 Å². The van der Waals surface area contributed by atoms with Gasteiger partial charge in [-0.15, -0.1) is 0 Å². The lowest BCUT2D eigenvalue weighted by Crippen LogP contribution is -2.75. The zero-order valence-corrected chi connectivity index (χ0v) is 25.5. The van der Waals surface area contributed by atoms with Crippen LogP contribution in [-0.4, -0.2) is 64.1 Å². The molecule has 6 rings (SSSR count). The predicted molar refractivity (Wildman–Crippen MR) is 154 cm³/mol. The molecular weight excluding hydrogens is 536 g/mol. The van der Waals surface area contributed by atoms with Gasteiger partial charge in [0.25, 0.3) is 0 Å². The second-order valence-corrected chi connectivity index (χ2v) is 14.0. The quantitative estimate of drug-likeness (QED) is 0.380. The number of carbonyl (C=O) groups is 2. The minimum atomic E-state index is -1.44. The van der Waals surface area contributed by atoms with Crippen molar-refractivity contribution in [3.8, 4) is 0 Å². The van der Waals surface area contributed by atoms with E-state index in [-0.39, 0.29) is 24.4 Å². The monoisotopic (exact) mass is 580 g/mol. The van der Waals surface area contributed by atoms with Gasteiger partial charge in [0.1, 0.15) is 11.7 Å². The van der Waals surface area contributed by atoms with E-state index in [1.165, 1.54) is 6.92 Å². The molecule has 5 aliphatic rings. The number of carbonyl (C=O) groups excluding carboxylic acids is 2. The lowest BCUT2D eigenvalue weighted by atomic mass is 9.43. The van der Waals surface area contributed by atoms with Gasteiger partial charge in [-0.1, -0.05) is 44.2 Å². The molecule has 0 bridgehead atoms. The van der Waals surface area contributed by atoms with Crippen molar-refractivity contribution in [1.82, 2.24) is 0 Å². The van der Waals surface area contributed by atoms with E-state index >= 15 is 0 Å². The molecule has 4 aliphatic carbocycles. The van der Waals surface area contributed by atoms with Gasteiger partial charge in [-0.2, -0.15) is 0 Å². The Morgan fingerprint density at radius 1 is 1.19 bits per heavy atom. The molecule has 228 valence electrons. The van der Waals surface area contributed by atoms with Crippen LogP contribution in [0.2, 0.25) is 0 Å². The molecule has 3 saturated carbocycles. The van der Waals surface area contributed by atoms with Gasteiger partial charge < -0.3 is 29.2 Å². The normalized spacial score (nSPS) is 44.1. The summed E-state index contributed by atoms with van der Waals surface area (Å²) < 4.78 is 26.3. The Kier molecular flexibility index (Phi) is 6.86. The van der Waals surface area contributed by atoms with E-state index in [2.05, 4.69) is 20.4 Å². The highest BCUT2D eigenvalue weighted by atomic mass is 16.7. The molecule has 2 N–H and O–H groups in total. The van der Waals surface area contributed by atoms with Crippen LogP contribution in [0.5, 0.6) is 0 Å². The Balaban J connectivity index is 1.67. The van der Waals surface area contributed by atoms with Gasteiger partial charge in [-0.3, -0.25) is 4.79 Å². The number of aliphatic hydroxyl groups is 2. The summed E-state index contributed by atoms with van der Waals surface area (Å²) in [5.74, 6) is -1.85. The summed E-state index contributed by atoms with van der Waals surface area (Å²) in [7, 11) is 0. The molecule has 1 heterocycles. The Bertz CT molecular complexity index is 1310. The number of benzene rings is 1. The van der Waals surface area contributed by atoms with Crippen LogP contribution in [-0.2, 0) is 23.7 Å². The largest absolute Gasteiger partial charge is 0.458 e. The molecule has 1 aromatic rings. The minimum absolute atomic E-state index is 0.0290. The van der Waals surface area contributed by atoms with Crippen LogP contribution < -0.4 is 0 Å². The van der Waals surface area contributed by atoms with Crippen molar-refractivity contribution >= 4 is 11.9 Å². The van der Waals surface area contributed by atoms with Crippen LogP contribution in [0.25, 0.3) is 0 Å². The first-order chi connectivity index (χ1) is 19.7. The van der Waals surface area contributed by atoms with Gasteiger partial charge in [0.15, 0.2) is 6.29 Å². The lowest BCUT2D eigenvalue weighted by molar-refractivity contribution is -0.361. The third-order valence-electron chi connectivity index (χ3n) is 11.6. The highest BCUT2D eigenvalue weighted by molar-refractivity contribution is 5.89. The predicted octanol–water partition coefficient (Wildman–Crippen LogP) is 4.73. The van der Waals surface area contributed by atoms with Gasteiger partial charge in [0.05, 0.1) is 34.9 Å². The first-order valence-electron chi connectivity index (χ1n) is 15.2. The number of hydrogen-bond donors (Lipinski definition) is 2. The van der Waals surface area contributed by atoms with Gasteiger partial charge in [0, 0.05) is 30.1 Å². The number of rotatable bonds is 5. The molecule has 11 atom stereocenters. The SMILES string of the molecule is C=C[C@@H]1O[C@H]2C[C@H]3CC[C@@]3(OC(C)=O)[C@H]3[C@H](OC(=O)c4ccccc4)[C@]4(C(C)(C)O)C[C@H](O)C(C)=C4[C@H](C)[C@H](O1)[C@]23C. The summed E-state index contributed by atoms with van der Waals surface area (Å²) in [6, 6.07) is 8.79. The van der Waals surface area contributed by atoms with E-state index in [0.29, 0.717) is 18.4 Å². The lowest BCUT2D eigenvalue weighted by Gasteiger charge is -2.68. The van der Waals surface area contributed by atoms with Crippen LogP contribution >= 0.6 is 0 Å². The Morgan fingerprint density at radius 2 is 1.88 bits per heavy atom. The Labute approximate surface area is 248 Å². The van der Waals surface area contributed by atoms with Gasteiger partial charge >= 0.3 is 11.9 Å². The van der Waals surface area contributed by atoms with Gasteiger partial charge in [-0.25, -0.2) is 4.79 Å². The van der Waals surface area contributed by atoms with E-state index in [1.807, 2.05) is 13.0 Å². The maximum Gasteiger partial charge on any atom is 0.338 e. The summed E-state index contributed by atoms with van der Waals surface area (Å²) in [5, 5.41) is 23.7. The van der Waals surface area contributed by atoms with Crippen molar-refractivity contribution in [2.45, 2.75) is 109 Å². The van der Waals surface area contributed by atoms with E-state index < -0.39 is 64.5 Å². The maximum atomic E-state index is 14.0. The smallest absolute Gasteiger partial charge is 0.338 e. The Morgan fingerprint density at radius 3 is 2.45 bits per heavy atom. The van der Waals surface area contributed by atoms with E-state index in [4.69, 9.17) is 18.9 Å². The fourth-order valence-electron chi connectivity index (χ4n) is 9.89. The molecule has 0 unspecified atom stereocenters. The number of fused-ring (bicyclic) bond motifs is 3. The molecular formula is C34H44O8. The Hall–Kier alpha value is -2.52. The summed E-state index contributed by atoms with van der Waals surface area (Å²) in [6.45, 7) is 14.9. The first kappa shape index (κ1) is 29.5. The molecule has 0 radical (unpaired) electrons. The third-order valence-corrected chi connectivity index (χ3v) is 11.6. The molecule has 1 aliphatic heterocycles. The fourth-order valence-corrected chi connectivity index (χ4v) is 9.89. The number of aliphatic hydroxyl groups excluding tert-OH is 1. The van der Waals surface area contributed by atoms with Crippen LogP contribution in [0.1, 0.15) is 77.6 Å². The zero-order valence-electron chi connectivity index (χ0n) is 25.5. The average Bonchev–Trinajstić information content (AvgIpc) is 3.17. The number of esters is 2. The average molecular weight is 581 g/mol. The summed E-state index contributed by atoms with van der Waals surface area (Å²) in [5.41, 5.74) is -2.41. The van der Waals surface area contributed by atoms with Crippen molar-refractivity contribution in [3.63, 3.8) is 0 Å². The van der Waals surface area contributed by atoms with E-state index in [0.717, 1.165) is 17.6 Å².